The van der Waals surface area contributed by atoms with Crippen molar-refractivity contribution >= 4 is 11.3 Å². The average molecular weight is 287 g/mol. The van der Waals surface area contributed by atoms with Crippen LogP contribution in [-0.4, -0.2) is 11.7 Å². The van der Waals surface area contributed by atoms with Gasteiger partial charge in [0.05, 0.1) is 0 Å². The fourth-order valence-electron chi connectivity index (χ4n) is 2.98. The van der Waals surface area contributed by atoms with Crippen molar-refractivity contribution in [3.63, 3.8) is 0 Å². The summed E-state index contributed by atoms with van der Waals surface area (Å²) >= 11 is 1.82. The first-order valence-electron chi connectivity index (χ1n) is 7.16. The van der Waals surface area contributed by atoms with Crippen LogP contribution in [0.4, 0.5) is 0 Å². The molecule has 0 saturated carbocycles. The Morgan fingerprint density at radius 1 is 1.30 bits per heavy atom. The molecule has 20 heavy (non-hydrogen) atoms. The summed E-state index contributed by atoms with van der Waals surface area (Å²) in [7, 11) is 0. The summed E-state index contributed by atoms with van der Waals surface area (Å²) in [6.07, 6.45) is 2.05. The maximum Gasteiger partial charge on any atom is 0.119 e. The lowest BCUT2D eigenvalue weighted by Crippen LogP contribution is -2.34. The average Bonchev–Trinajstić information content (AvgIpc) is 3.07. The number of aromatic hydroxyl groups is 1. The molecule has 0 radical (unpaired) electrons. The lowest BCUT2D eigenvalue weighted by atomic mass is 9.91. The summed E-state index contributed by atoms with van der Waals surface area (Å²) in [6, 6.07) is 10.6. The summed E-state index contributed by atoms with van der Waals surface area (Å²) in [6.45, 7) is 5.52. The number of benzene rings is 1. The van der Waals surface area contributed by atoms with Gasteiger partial charge in [0.1, 0.15) is 5.75 Å². The van der Waals surface area contributed by atoms with E-state index in [1.165, 1.54) is 10.4 Å². The van der Waals surface area contributed by atoms with Gasteiger partial charge in [0.2, 0.25) is 0 Å². The van der Waals surface area contributed by atoms with Crippen LogP contribution < -0.4 is 5.32 Å². The van der Waals surface area contributed by atoms with Crippen LogP contribution in [0.15, 0.2) is 35.7 Å². The van der Waals surface area contributed by atoms with E-state index in [0.29, 0.717) is 11.8 Å². The highest BCUT2D eigenvalue weighted by Gasteiger charge is 2.27. The number of fused-ring (bicyclic) bond motifs is 1. The lowest BCUT2D eigenvalue weighted by Gasteiger charge is -2.26. The van der Waals surface area contributed by atoms with Gasteiger partial charge >= 0.3 is 0 Å². The Labute approximate surface area is 124 Å². The molecule has 106 valence electrons. The van der Waals surface area contributed by atoms with Crippen molar-refractivity contribution in [2.75, 3.05) is 6.54 Å². The maximum absolute atomic E-state index is 9.90. The van der Waals surface area contributed by atoms with Crippen molar-refractivity contribution in [3.05, 3.63) is 51.7 Å². The van der Waals surface area contributed by atoms with E-state index in [1.54, 1.807) is 6.07 Å². The molecule has 1 aliphatic rings. The van der Waals surface area contributed by atoms with E-state index in [1.807, 2.05) is 17.4 Å². The van der Waals surface area contributed by atoms with Gasteiger partial charge in [0.25, 0.3) is 0 Å². The van der Waals surface area contributed by atoms with Crippen molar-refractivity contribution < 1.29 is 5.11 Å². The van der Waals surface area contributed by atoms with Gasteiger partial charge in [0.15, 0.2) is 0 Å². The van der Waals surface area contributed by atoms with Crippen LogP contribution in [-0.2, 0) is 11.8 Å². The van der Waals surface area contributed by atoms with Crippen LogP contribution in [0.2, 0.25) is 0 Å². The van der Waals surface area contributed by atoms with E-state index in [2.05, 4.69) is 42.7 Å². The highest BCUT2D eigenvalue weighted by Crippen LogP contribution is 2.37. The van der Waals surface area contributed by atoms with Crippen LogP contribution >= 0.6 is 11.3 Å². The molecule has 0 spiro atoms. The third-order valence-electron chi connectivity index (χ3n) is 4.22. The fraction of sp³-hybridized carbons (Fsp3) is 0.412. The Balaban J connectivity index is 1.71. The van der Waals surface area contributed by atoms with E-state index in [9.17, 15) is 5.11 Å². The monoisotopic (exact) mass is 287 g/mol. The highest BCUT2D eigenvalue weighted by atomic mass is 32.1. The van der Waals surface area contributed by atoms with E-state index >= 15 is 0 Å². The third kappa shape index (κ3) is 2.48. The van der Waals surface area contributed by atoms with Crippen LogP contribution in [0.25, 0.3) is 0 Å². The zero-order valence-electron chi connectivity index (χ0n) is 12.0. The fourth-order valence-corrected chi connectivity index (χ4v) is 3.83. The first-order chi connectivity index (χ1) is 9.58. The topological polar surface area (TPSA) is 32.3 Å². The second-order valence-electron chi connectivity index (χ2n) is 6.18. The van der Waals surface area contributed by atoms with Gasteiger partial charge in [-0.3, -0.25) is 0 Å². The van der Waals surface area contributed by atoms with Gasteiger partial charge in [0, 0.05) is 22.9 Å². The largest absolute Gasteiger partial charge is 0.508 e. The Hall–Kier alpha value is -1.32. The van der Waals surface area contributed by atoms with Gasteiger partial charge in [-0.25, -0.2) is 0 Å². The summed E-state index contributed by atoms with van der Waals surface area (Å²) in [5, 5.41) is 15.7. The molecular formula is C17H21NOS. The SMILES string of the molecule is CC(C)(CNC1CCc2c(O)cccc21)c1cccs1. The minimum atomic E-state index is 0.147. The van der Waals surface area contributed by atoms with Gasteiger partial charge in [-0.05, 0) is 41.5 Å². The standard InChI is InChI=1S/C17H21NOS/c1-17(2,16-7-4-10-20-16)11-18-14-9-8-13-12(14)5-3-6-15(13)19/h3-7,10,14,18-19H,8-9,11H2,1-2H3. The molecule has 0 aliphatic heterocycles. The van der Waals surface area contributed by atoms with Crippen LogP contribution in [0.1, 0.15) is 42.3 Å². The Morgan fingerprint density at radius 3 is 2.90 bits per heavy atom. The van der Waals surface area contributed by atoms with Crippen LogP contribution in [0.5, 0.6) is 5.75 Å². The number of nitrogens with one attached hydrogen (secondary N) is 1. The number of phenols is 1. The van der Waals surface area contributed by atoms with E-state index in [4.69, 9.17) is 0 Å². The Bertz CT molecular complexity index is 589. The van der Waals surface area contributed by atoms with Gasteiger partial charge in [-0.2, -0.15) is 0 Å². The molecule has 0 saturated heterocycles. The molecule has 1 heterocycles. The van der Waals surface area contributed by atoms with Crippen molar-refractivity contribution in [3.8, 4) is 5.75 Å². The van der Waals surface area contributed by atoms with Crippen molar-refractivity contribution in [1.29, 1.82) is 0 Å². The Kier molecular flexibility index (Phi) is 3.57. The molecule has 1 aromatic heterocycles. The van der Waals surface area contributed by atoms with Crippen molar-refractivity contribution in [2.24, 2.45) is 0 Å². The number of phenolic OH excluding ortho intramolecular Hbond substituents is 1. The van der Waals surface area contributed by atoms with Gasteiger partial charge < -0.3 is 10.4 Å². The predicted molar refractivity (Wildman–Crippen MR) is 84.5 cm³/mol. The molecule has 1 atom stereocenters. The molecule has 0 fully saturated rings. The molecule has 1 aliphatic carbocycles. The summed E-state index contributed by atoms with van der Waals surface area (Å²) < 4.78 is 0. The molecule has 1 aromatic carbocycles. The number of thiophene rings is 1. The third-order valence-corrected chi connectivity index (χ3v) is 5.46. The van der Waals surface area contributed by atoms with Crippen LogP contribution in [0, 0.1) is 0 Å². The maximum atomic E-state index is 9.90. The van der Waals surface area contributed by atoms with E-state index < -0.39 is 0 Å². The number of rotatable bonds is 4. The molecular weight excluding hydrogens is 266 g/mol. The molecule has 3 rings (SSSR count). The molecule has 2 aromatic rings. The minimum absolute atomic E-state index is 0.147. The zero-order valence-corrected chi connectivity index (χ0v) is 12.8. The zero-order chi connectivity index (χ0) is 14.2. The smallest absolute Gasteiger partial charge is 0.119 e. The summed E-state index contributed by atoms with van der Waals surface area (Å²) in [5.41, 5.74) is 2.54. The Morgan fingerprint density at radius 2 is 2.15 bits per heavy atom. The first kappa shape index (κ1) is 13.7. The molecule has 2 N–H and O–H groups in total. The summed E-state index contributed by atoms with van der Waals surface area (Å²) in [5.74, 6) is 0.448. The number of hydrogen-bond donors (Lipinski definition) is 2. The molecule has 0 bridgehead atoms. The molecule has 3 heteroatoms. The van der Waals surface area contributed by atoms with Crippen molar-refractivity contribution in [1.82, 2.24) is 5.32 Å². The van der Waals surface area contributed by atoms with Crippen molar-refractivity contribution in [2.45, 2.75) is 38.1 Å². The molecule has 0 amide bonds. The lowest BCUT2D eigenvalue weighted by molar-refractivity contribution is 0.426. The van der Waals surface area contributed by atoms with Gasteiger partial charge in [-0.1, -0.05) is 32.0 Å². The van der Waals surface area contributed by atoms with Gasteiger partial charge in [-0.15, -0.1) is 11.3 Å². The second-order valence-corrected chi connectivity index (χ2v) is 7.13. The first-order valence-corrected chi connectivity index (χ1v) is 8.04. The second kappa shape index (κ2) is 5.23. The number of hydrogen-bond acceptors (Lipinski definition) is 3. The highest BCUT2D eigenvalue weighted by molar-refractivity contribution is 7.10. The van der Waals surface area contributed by atoms with Crippen LogP contribution in [0.3, 0.4) is 0 Å². The normalized spacial score (nSPS) is 18.2. The van der Waals surface area contributed by atoms with E-state index in [-0.39, 0.29) is 5.41 Å². The quantitative estimate of drug-likeness (QED) is 0.890. The minimum Gasteiger partial charge on any atom is -0.508 e. The molecule has 1 unspecified atom stereocenters. The van der Waals surface area contributed by atoms with E-state index in [0.717, 1.165) is 24.9 Å². The predicted octanol–water partition coefficient (Wildman–Crippen LogP) is 4.01. The summed E-state index contributed by atoms with van der Waals surface area (Å²) in [4.78, 5) is 1.42. The molecule has 2 nitrogen and oxygen atoms in total.